The number of aromatic amines is 1. The van der Waals surface area contributed by atoms with E-state index < -0.39 is 10.0 Å². The summed E-state index contributed by atoms with van der Waals surface area (Å²) in [4.78, 5) is 15.8. The van der Waals surface area contributed by atoms with Gasteiger partial charge in [-0.05, 0) is 51.3 Å². The largest absolute Gasteiger partial charge is 0.353 e. The van der Waals surface area contributed by atoms with Crippen LogP contribution >= 0.6 is 0 Å². The van der Waals surface area contributed by atoms with Crippen LogP contribution in [0.2, 0.25) is 0 Å². The Bertz CT molecular complexity index is 892. The summed E-state index contributed by atoms with van der Waals surface area (Å²) >= 11 is 0. The number of sulfonamides is 1. The molecule has 1 aliphatic rings. The lowest BCUT2D eigenvalue weighted by atomic mass is 10.2. The van der Waals surface area contributed by atoms with Crippen LogP contribution < -0.4 is 5.32 Å². The maximum atomic E-state index is 12.9. The van der Waals surface area contributed by atoms with Crippen molar-refractivity contribution in [1.82, 2.24) is 9.29 Å². The summed E-state index contributed by atoms with van der Waals surface area (Å²) in [6.07, 6.45) is 1.75. The first-order valence-electron chi connectivity index (χ1n) is 8.38. The molecular formula is C18H23N3O3S. The standard InChI is InChI=1S/C18H23N3O3S/c1-12-6-8-15(9-7-12)20-18(22)16-13(2)17(14(3)19-16)25(23,24)21-10-4-5-11-21/h6-9,19H,4-5,10-11H2,1-3H3,(H,20,22). The third kappa shape index (κ3) is 3.34. The van der Waals surface area contributed by atoms with Crippen LogP contribution in [-0.2, 0) is 10.0 Å². The molecular weight excluding hydrogens is 338 g/mol. The fourth-order valence-corrected chi connectivity index (χ4v) is 5.16. The Kier molecular flexibility index (Phi) is 4.71. The number of benzene rings is 1. The lowest BCUT2D eigenvalue weighted by Gasteiger charge is -2.16. The Labute approximate surface area is 148 Å². The second-order valence-corrected chi connectivity index (χ2v) is 8.39. The summed E-state index contributed by atoms with van der Waals surface area (Å²) in [7, 11) is -3.57. The van der Waals surface area contributed by atoms with Gasteiger partial charge in [0.15, 0.2) is 0 Å². The van der Waals surface area contributed by atoms with E-state index in [1.165, 1.54) is 4.31 Å². The summed E-state index contributed by atoms with van der Waals surface area (Å²) in [5, 5.41) is 2.81. The number of carbonyl (C=O) groups excluding carboxylic acids is 1. The topological polar surface area (TPSA) is 82.3 Å². The molecule has 0 spiro atoms. The van der Waals surface area contributed by atoms with E-state index in [0.717, 1.165) is 18.4 Å². The third-order valence-corrected chi connectivity index (χ3v) is 6.74. The van der Waals surface area contributed by atoms with Gasteiger partial charge in [0.1, 0.15) is 10.6 Å². The highest BCUT2D eigenvalue weighted by Crippen LogP contribution is 2.29. The highest BCUT2D eigenvalue weighted by Gasteiger charge is 2.33. The van der Waals surface area contributed by atoms with Gasteiger partial charge in [-0.15, -0.1) is 0 Å². The van der Waals surface area contributed by atoms with Gasteiger partial charge >= 0.3 is 0 Å². The summed E-state index contributed by atoms with van der Waals surface area (Å²) < 4.78 is 27.3. The fraction of sp³-hybridized carbons (Fsp3) is 0.389. The number of rotatable bonds is 4. The molecule has 0 saturated carbocycles. The number of anilines is 1. The van der Waals surface area contributed by atoms with Gasteiger partial charge in [0.2, 0.25) is 10.0 Å². The van der Waals surface area contributed by atoms with Crippen molar-refractivity contribution in [3.05, 3.63) is 46.8 Å². The number of aromatic nitrogens is 1. The van der Waals surface area contributed by atoms with E-state index in [9.17, 15) is 13.2 Å². The van der Waals surface area contributed by atoms with Crippen LogP contribution in [0.1, 0.15) is 40.2 Å². The summed E-state index contributed by atoms with van der Waals surface area (Å²) in [6, 6.07) is 7.46. The second kappa shape index (κ2) is 6.65. The van der Waals surface area contributed by atoms with Crippen molar-refractivity contribution in [2.75, 3.05) is 18.4 Å². The molecule has 1 saturated heterocycles. The van der Waals surface area contributed by atoms with Crippen LogP contribution in [0.3, 0.4) is 0 Å². The molecule has 2 heterocycles. The molecule has 3 rings (SSSR count). The predicted molar refractivity (Wildman–Crippen MR) is 97.4 cm³/mol. The van der Waals surface area contributed by atoms with Crippen molar-refractivity contribution in [2.24, 2.45) is 0 Å². The number of H-pyrrole nitrogens is 1. The number of nitrogens with zero attached hydrogens (tertiary/aromatic N) is 1. The monoisotopic (exact) mass is 361 g/mol. The van der Waals surface area contributed by atoms with E-state index in [1.807, 2.05) is 31.2 Å². The minimum atomic E-state index is -3.57. The minimum absolute atomic E-state index is 0.225. The quantitative estimate of drug-likeness (QED) is 0.878. The molecule has 2 aromatic rings. The predicted octanol–water partition coefficient (Wildman–Crippen LogP) is 2.98. The van der Waals surface area contributed by atoms with Gasteiger partial charge in [0, 0.05) is 24.5 Å². The molecule has 1 aromatic heterocycles. The summed E-state index contributed by atoms with van der Waals surface area (Å²) in [6.45, 7) is 6.42. The lowest BCUT2D eigenvalue weighted by Crippen LogP contribution is -2.28. The third-order valence-electron chi connectivity index (χ3n) is 4.57. The number of hydrogen-bond acceptors (Lipinski definition) is 3. The Balaban J connectivity index is 1.91. The molecule has 134 valence electrons. The highest BCUT2D eigenvalue weighted by molar-refractivity contribution is 7.89. The van der Waals surface area contributed by atoms with Crippen LogP contribution in [0, 0.1) is 20.8 Å². The Hall–Kier alpha value is -2.12. The van der Waals surface area contributed by atoms with Gasteiger partial charge in [-0.25, -0.2) is 8.42 Å². The average molecular weight is 361 g/mol. The van der Waals surface area contributed by atoms with Gasteiger partial charge in [0.05, 0.1) is 0 Å². The number of hydrogen-bond donors (Lipinski definition) is 2. The number of carbonyl (C=O) groups is 1. The number of aryl methyl sites for hydroxylation is 2. The first kappa shape index (κ1) is 17.7. The minimum Gasteiger partial charge on any atom is -0.353 e. The molecule has 1 aromatic carbocycles. The summed E-state index contributed by atoms with van der Waals surface area (Å²) in [5.74, 6) is -0.340. The molecule has 6 nitrogen and oxygen atoms in total. The van der Waals surface area contributed by atoms with Crippen LogP contribution in [-0.4, -0.2) is 36.7 Å². The lowest BCUT2D eigenvalue weighted by molar-refractivity contribution is 0.102. The number of amides is 1. The Morgan fingerprint density at radius 3 is 2.28 bits per heavy atom. The first-order valence-corrected chi connectivity index (χ1v) is 9.82. The SMILES string of the molecule is Cc1ccc(NC(=O)c2[nH]c(C)c(S(=O)(=O)N3CCCC3)c2C)cc1. The van der Waals surface area contributed by atoms with E-state index in [0.29, 0.717) is 30.0 Å². The molecule has 7 heteroatoms. The van der Waals surface area contributed by atoms with E-state index in [4.69, 9.17) is 0 Å². The molecule has 0 bridgehead atoms. The maximum absolute atomic E-state index is 12.9. The molecule has 0 aliphatic carbocycles. The maximum Gasteiger partial charge on any atom is 0.272 e. The van der Waals surface area contributed by atoms with Crippen molar-refractivity contribution in [3.8, 4) is 0 Å². The van der Waals surface area contributed by atoms with Gasteiger partial charge < -0.3 is 10.3 Å². The number of nitrogens with one attached hydrogen (secondary N) is 2. The van der Waals surface area contributed by atoms with Crippen LogP contribution in [0.25, 0.3) is 0 Å². The fourth-order valence-electron chi connectivity index (χ4n) is 3.23. The summed E-state index contributed by atoms with van der Waals surface area (Å²) in [5.41, 5.74) is 3.03. The molecule has 1 amide bonds. The van der Waals surface area contributed by atoms with Crippen molar-refractivity contribution in [3.63, 3.8) is 0 Å². The van der Waals surface area contributed by atoms with Gasteiger partial charge in [0.25, 0.3) is 5.91 Å². The molecule has 0 radical (unpaired) electrons. The zero-order chi connectivity index (χ0) is 18.2. The second-order valence-electron chi connectivity index (χ2n) is 6.51. The van der Waals surface area contributed by atoms with Crippen molar-refractivity contribution in [2.45, 2.75) is 38.5 Å². The van der Waals surface area contributed by atoms with E-state index in [2.05, 4.69) is 10.3 Å². The smallest absolute Gasteiger partial charge is 0.272 e. The van der Waals surface area contributed by atoms with Crippen LogP contribution in [0.4, 0.5) is 5.69 Å². The van der Waals surface area contributed by atoms with Gasteiger partial charge in [-0.3, -0.25) is 4.79 Å². The molecule has 1 fully saturated rings. The van der Waals surface area contributed by atoms with E-state index in [1.54, 1.807) is 13.8 Å². The normalized spacial score (nSPS) is 15.5. The van der Waals surface area contributed by atoms with Gasteiger partial charge in [-0.1, -0.05) is 17.7 Å². The molecule has 2 N–H and O–H groups in total. The van der Waals surface area contributed by atoms with E-state index >= 15 is 0 Å². The van der Waals surface area contributed by atoms with Crippen molar-refractivity contribution < 1.29 is 13.2 Å². The Morgan fingerprint density at radius 1 is 1.08 bits per heavy atom. The zero-order valence-corrected chi connectivity index (χ0v) is 15.5. The first-order chi connectivity index (χ1) is 11.8. The van der Waals surface area contributed by atoms with E-state index in [-0.39, 0.29) is 16.5 Å². The average Bonchev–Trinajstić information content (AvgIpc) is 3.18. The van der Waals surface area contributed by atoms with Gasteiger partial charge in [-0.2, -0.15) is 4.31 Å². The highest BCUT2D eigenvalue weighted by atomic mass is 32.2. The van der Waals surface area contributed by atoms with Crippen LogP contribution in [0.5, 0.6) is 0 Å². The molecule has 1 aliphatic heterocycles. The molecule has 0 unspecified atom stereocenters. The molecule has 25 heavy (non-hydrogen) atoms. The van der Waals surface area contributed by atoms with Crippen LogP contribution in [0.15, 0.2) is 29.2 Å². The van der Waals surface area contributed by atoms with Crippen molar-refractivity contribution >= 4 is 21.6 Å². The Morgan fingerprint density at radius 2 is 1.68 bits per heavy atom. The molecule has 0 atom stereocenters. The van der Waals surface area contributed by atoms with Crippen molar-refractivity contribution in [1.29, 1.82) is 0 Å². The zero-order valence-electron chi connectivity index (χ0n) is 14.7.